The minimum Gasteiger partial charge on any atom is -0.489 e. The second-order valence-electron chi connectivity index (χ2n) is 4.94. The minimum atomic E-state index is -0.459. The van der Waals surface area contributed by atoms with Crippen LogP contribution in [0.5, 0.6) is 5.75 Å². The van der Waals surface area contributed by atoms with Gasteiger partial charge in [-0.2, -0.15) is 0 Å². The quantitative estimate of drug-likeness (QED) is 0.870. The van der Waals surface area contributed by atoms with E-state index in [1.165, 1.54) is 12.1 Å². The molecule has 2 aromatic rings. The molecule has 0 heterocycles. The number of hydrogen-bond acceptors (Lipinski definition) is 2. The normalized spacial score (nSPS) is 12.2. The molecule has 2 aromatic carbocycles. The molecule has 112 valence electrons. The Kier molecular flexibility index (Phi) is 5.45. The molecule has 0 spiro atoms. The molecule has 0 aromatic heterocycles. The highest BCUT2D eigenvalue weighted by Gasteiger charge is 2.11. The van der Waals surface area contributed by atoms with Gasteiger partial charge in [0.2, 0.25) is 0 Å². The third kappa shape index (κ3) is 4.34. The number of benzene rings is 2. The Hall–Kier alpha value is -1.29. The van der Waals surface area contributed by atoms with Crippen LogP contribution in [0.1, 0.15) is 18.1 Å². The van der Waals surface area contributed by atoms with Crippen LogP contribution in [0.25, 0.3) is 0 Å². The summed E-state index contributed by atoms with van der Waals surface area (Å²) >= 11 is 11.8. The summed E-state index contributed by atoms with van der Waals surface area (Å²) < 4.78 is 19.1. The molecule has 21 heavy (non-hydrogen) atoms. The Labute approximate surface area is 133 Å². The van der Waals surface area contributed by atoms with Gasteiger partial charge in [-0.25, -0.2) is 4.39 Å². The molecular weight excluding hydrogens is 312 g/mol. The lowest BCUT2D eigenvalue weighted by molar-refractivity contribution is 0.302. The number of hydrogen-bond donors (Lipinski definition) is 1. The fraction of sp³-hybridized carbons (Fsp3) is 0.250. The Bertz CT molecular complexity index is 632. The van der Waals surface area contributed by atoms with E-state index in [2.05, 4.69) is 0 Å². The van der Waals surface area contributed by atoms with Crippen molar-refractivity contribution in [3.05, 3.63) is 63.4 Å². The standard InChI is InChI=1S/C16H16Cl2FNO/c1-10(20)7-12-13(17)3-2-4-16(12)21-9-11-5-6-14(18)15(19)8-11/h2-6,8,10H,7,9,20H2,1H3. The first-order valence-electron chi connectivity index (χ1n) is 6.57. The highest BCUT2D eigenvalue weighted by atomic mass is 35.5. The van der Waals surface area contributed by atoms with Crippen LogP contribution in [0.15, 0.2) is 36.4 Å². The summed E-state index contributed by atoms with van der Waals surface area (Å²) in [7, 11) is 0. The SMILES string of the molecule is CC(N)Cc1c(Cl)cccc1OCc1ccc(Cl)c(F)c1. The molecule has 1 unspecified atom stereocenters. The summed E-state index contributed by atoms with van der Waals surface area (Å²) in [6, 6.07) is 10.0. The van der Waals surface area contributed by atoms with Crippen LogP contribution in [0.3, 0.4) is 0 Å². The lowest BCUT2D eigenvalue weighted by Gasteiger charge is -2.14. The van der Waals surface area contributed by atoms with Crippen LogP contribution in [-0.4, -0.2) is 6.04 Å². The van der Waals surface area contributed by atoms with Gasteiger partial charge >= 0.3 is 0 Å². The Morgan fingerprint density at radius 1 is 1.19 bits per heavy atom. The van der Waals surface area contributed by atoms with Gasteiger partial charge in [-0.15, -0.1) is 0 Å². The number of rotatable bonds is 5. The monoisotopic (exact) mass is 327 g/mol. The van der Waals surface area contributed by atoms with Gasteiger partial charge < -0.3 is 10.5 Å². The van der Waals surface area contributed by atoms with Crippen LogP contribution >= 0.6 is 23.2 Å². The van der Waals surface area contributed by atoms with Gasteiger partial charge in [0.25, 0.3) is 0 Å². The van der Waals surface area contributed by atoms with Crippen molar-refractivity contribution in [1.29, 1.82) is 0 Å². The summed E-state index contributed by atoms with van der Waals surface area (Å²) in [4.78, 5) is 0. The molecule has 5 heteroatoms. The van der Waals surface area contributed by atoms with Crippen molar-refractivity contribution in [1.82, 2.24) is 0 Å². The molecule has 0 saturated heterocycles. The Morgan fingerprint density at radius 2 is 1.95 bits per heavy atom. The van der Waals surface area contributed by atoms with E-state index < -0.39 is 5.82 Å². The first-order valence-corrected chi connectivity index (χ1v) is 7.32. The maximum Gasteiger partial charge on any atom is 0.142 e. The van der Waals surface area contributed by atoms with Crippen molar-refractivity contribution in [2.45, 2.75) is 26.0 Å². The van der Waals surface area contributed by atoms with Crippen molar-refractivity contribution < 1.29 is 9.13 Å². The molecule has 2 N–H and O–H groups in total. The Balaban J connectivity index is 2.15. The summed E-state index contributed by atoms with van der Waals surface area (Å²) in [6.45, 7) is 2.14. The van der Waals surface area contributed by atoms with Crippen molar-refractivity contribution >= 4 is 23.2 Å². The van der Waals surface area contributed by atoms with E-state index in [0.717, 1.165) is 5.56 Å². The predicted octanol–water partition coefficient (Wildman–Crippen LogP) is 4.60. The number of nitrogens with two attached hydrogens (primary N) is 1. The van der Waals surface area contributed by atoms with Gasteiger partial charge in [0.05, 0.1) is 5.02 Å². The van der Waals surface area contributed by atoms with Gasteiger partial charge in [0.1, 0.15) is 18.2 Å². The van der Waals surface area contributed by atoms with E-state index in [-0.39, 0.29) is 17.7 Å². The first kappa shape index (κ1) is 16.1. The van der Waals surface area contributed by atoms with Crippen LogP contribution in [0, 0.1) is 5.82 Å². The summed E-state index contributed by atoms with van der Waals surface area (Å²) in [5.41, 5.74) is 7.39. The van der Waals surface area contributed by atoms with Gasteiger partial charge in [0.15, 0.2) is 0 Å². The third-order valence-corrected chi connectivity index (χ3v) is 3.64. The number of halogens is 3. The molecule has 2 nitrogen and oxygen atoms in total. The molecule has 0 aliphatic rings. The van der Waals surface area contributed by atoms with Gasteiger partial charge in [-0.3, -0.25) is 0 Å². The molecule has 0 radical (unpaired) electrons. The lowest BCUT2D eigenvalue weighted by Crippen LogP contribution is -2.18. The van der Waals surface area contributed by atoms with Crippen LogP contribution < -0.4 is 10.5 Å². The van der Waals surface area contributed by atoms with E-state index in [0.29, 0.717) is 22.8 Å². The average molecular weight is 328 g/mol. The topological polar surface area (TPSA) is 35.2 Å². The van der Waals surface area contributed by atoms with Gasteiger partial charge in [-0.05, 0) is 43.2 Å². The van der Waals surface area contributed by atoms with E-state index in [1.807, 2.05) is 19.1 Å². The highest BCUT2D eigenvalue weighted by Crippen LogP contribution is 2.28. The zero-order chi connectivity index (χ0) is 15.4. The second kappa shape index (κ2) is 7.12. The van der Waals surface area contributed by atoms with Crippen molar-refractivity contribution in [3.8, 4) is 5.75 Å². The fourth-order valence-electron chi connectivity index (χ4n) is 1.98. The van der Waals surface area contributed by atoms with Gasteiger partial charge in [0, 0.05) is 16.6 Å². The molecule has 0 amide bonds. The minimum absolute atomic E-state index is 0.0276. The molecule has 0 bridgehead atoms. The fourth-order valence-corrected chi connectivity index (χ4v) is 2.35. The van der Waals surface area contributed by atoms with E-state index in [4.69, 9.17) is 33.7 Å². The van der Waals surface area contributed by atoms with Crippen LogP contribution in [-0.2, 0) is 13.0 Å². The Morgan fingerprint density at radius 3 is 2.62 bits per heavy atom. The lowest BCUT2D eigenvalue weighted by atomic mass is 10.1. The van der Waals surface area contributed by atoms with Gasteiger partial charge in [-0.1, -0.05) is 35.3 Å². The van der Waals surface area contributed by atoms with E-state index in [9.17, 15) is 4.39 Å². The molecule has 0 saturated carbocycles. The van der Waals surface area contributed by atoms with Crippen LogP contribution in [0.4, 0.5) is 4.39 Å². The zero-order valence-corrected chi connectivity index (χ0v) is 13.1. The highest BCUT2D eigenvalue weighted by molar-refractivity contribution is 6.31. The van der Waals surface area contributed by atoms with Crippen LogP contribution in [0.2, 0.25) is 10.0 Å². The maximum absolute atomic E-state index is 13.4. The third-order valence-electron chi connectivity index (χ3n) is 2.98. The predicted molar refractivity (Wildman–Crippen MR) is 84.5 cm³/mol. The zero-order valence-electron chi connectivity index (χ0n) is 11.6. The first-order chi connectivity index (χ1) is 9.97. The number of ether oxygens (including phenoxy) is 1. The van der Waals surface area contributed by atoms with Crippen molar-refractivity contribution in [2.24, 2.45) is 5.73 Å². The molecular formula is C16H16Cl2FNO. The second-order valence-corrected chi connectivity index (χ2v) is 5.75. The van der Waals surface area contributed by atoms with E-state index in [1.54, 1.807) is 12.1 Å². The molecule has 0 aliphatic carbocycles. The van der Waals surface area contributed by atoms with E-state index >= 15 is 0 Å². The van der Waals surface area contributed by atoms with Crippen molar-refractivity contribution in [2.75, 3.05) is 0 Å². The largest absolute Gasteiger partial charge is 0.489 e. The summed E-state index contributed by atoms with van der Waals surface area (Å²) in [6.07, 6.45) is 0.615. The summed E-state index contributed by atoms with van der Waals surface area (Å²) in [5, 5.41) is 0.714. The molecule has 2 rings (SSSR count). The summed E-state index contributed by atoms with van der Waals surface area (Å²) in [5.74, 6) is 0.204. The molecule has 0 fully saturated rings. The van der Waals surface area contributed by atoms with Crippen molar-refractivity contribution in [3.63, 3.8) is 0 Å². The molecule has 1 atom stereocenters. The average Bonchev–Trinajstić information content (AvgIpc) is 2.43. The maximum atomic E-state index is 13.4. The molecule has 0 aliphatic heterocycles. The smallest absolute Gasteiger partial charge is 0.142 e.